The fourth-order valence-corrected chi connectivity index (χ4v) is 3.50. The van der Waals surface area contributed by atoms with Gasteiger partial charge in [0.05, 0.1) is 11.8 Å². The summed E-state index contributed by atoms with van der Waals surface area (Å²) in [5, 5.41) is 9.40. The van der Waals surface area contributed by atoms with Crippen LogP contribution in [0.25, 0.3) is 0 Å². The number of hydrogen-bond donors (Lipinski definition) is 3. The average molecular weight is 272 g/mol. The van der Waals surface area contributed by atoms with Crippen molar-refractivity contribution in [2.45, 2.75) is 23.8 Å². The summed E-state index contributed by atoms with van der Waals surface area (Å²) in [6.45, 7) is 0.616. The van der Waals surface area contributed by atoms with E-state index in [-0.39, 0.29) is 4.90 Å². The van der Waals surface area contributed by atoms with E-state index in [0.29, 0.717) is 31.6 Å². The third-order valence-corrected chi connectivity index (χ3v) is 4.91. The van der Waals surface area contributed by atoms with Gasteiger partial charge < -0.3 is 10.5 Å². The molecule has 0 amide bonds. The molecule has 7 nitrogen and oxygen atoms in total. The monoisotopic (exact) mass is 272 g/mol. The zero-order valence-electron chi connectivity index (χ0n) is 9.78. The van der Waals surface area contributed by atoms with Gasteiger partial charge in [-0.05, 0) is 18.9 Å². The first-order valence-corrected chi connectivity index (χ1v) is 7.08. The van der Waals surface area contributed by atoms with Gasteiger partial charge in [0.15, 0.2) is 0 Å². The van der Waals surface area contributed by atoms with E-state index in [2.05, 4.69) is 10.4 Å². The lowest BCUT2D eigenvalue weighted by atomic mass is 10.1. The van der Waals surface area contributed by atoms with Gasteiger partial charge in [0.1, 0.15) is 4.90 Å². The molecule has 4 N–H and O–H groups in total. The van der Waals surface area contributed by atoms with E-state index in [4.69, 9.17) is 5.84 Å². The van der Waals surface area contributed by atoms with Crippen molar-refractivity contribution in [1.29, 1.82) is 0 Å². The fraction of sp³-hybridized carbons (Fsp3) is 0.500. The molecule has 0 radical (unpaired) electrons. The molecule has 2 rings (SSSR count). The van der Waals surface area contributed by atoms with Crippen LogP contribution in [0.15, 0.2) is 23.4 Å². The quantitative estimate of drug-likeness (QED) is 0.506. The number of aliphatic hydroxyl groups excluding tert-OH is 1. The number of nitrogen functional groups attached to an aromatic ring is 1. The molecule has 1 aliphatic rings. The molecule has 8 heteroatoms. The Bertz CT molecular complexity index is 512. The standard InChI is InChI=1S/C10H16N4O3S/c11-13-9-1-4-12-7-10(9)18(16,17)14-5-2-8(15)3-6-14/h1,4,7-8,15H,2-3,5-6,11H2,(H,12,13). The Morgan fingerprint density at radius 3 is 2.72 bits per heavy atom. The lowest BCUT2D eigenvalue weighted by Gasteiger charge is -2.29. The Labute approximate surface area is 106 Å². The van der Waals surface area contributed by atoms with Crippen LogP contribution in [0.1, 0.15) is 12.8 Å². The van der Waals surface area contributed by atoms with Gasteiger partial charge in [-0.25, -0.2) is 8.42 Å². The van der Waals surface area contributed by atoms with Crippen LogP contribution < -0.4 is 11.3 Å². The van der Waals surface area contributed by atoms with Crippen LogP contribution in [0.4, 0.5) is 5.69 Å². The molecular formula is C10H16N4O3S. The third kappa shape index (κ3) is 2.46. The number of nitrogens with zero attached hydrogens (tertiary/aromatic N) is 2. The van der Waals surface area contributed by atoms with E-state index in [1.807, 2.05) is 0 Å². The van der Waals surface area contributed by atoms with Crippen molar-refractivity contribution < 1.29 is 13.5 Å². The number of nitrogens with two attached hydrogens (primary N) is 1. The van der Waals surface area contributed by atoms with Crippen molar-refractivity contribution in [3.8, 4) is 0 Å². The zero-order valence-corrected chi connectivity index (χ0v) is 10.6. The maximum absolute atomic E-state index is 12.4. The number of anilines is 1. The molecule has 0 spiro atoms. The summed E-state index contributed by atoms with van der Waals surface area (Å²) in [6.07, 6.45) is 3.22. The normalized spacial score (nSPS) is 18.8. The van der Waals surface area contributed by atoms with Crippen LogP contribution in [0.3, 0.4) is 0 Å². The van der Waals surface area contributed by atoms with Crippen molar-refractivity contribution in [3.05, 3.63) is 18.5 Å². The fourth-order valence-electron chi connectivity index (χ4n) is 1.93. The number of sulfonamides is 1. The van der Waals surface area contributed by atoms with E-state index < -0.39 is 16.1 Å². The van der Waals surface area contributed by atoms with Crippen LogP contribution in [-0.4, -0.2) is 42.0 Å². The maximum atomic E-state index is 12.4. The van der Waals surface area contributed by atoms with Gasteiger partial charge in [0.25, 0.3) is 0 Å². The lowest BCUT2D eigenvalue weighted by Crippen LogP contribution is -2.40. The number of hydrazine groups is 1. The predicted octanol–water partition coefficient (Wildman–Crippen LogP) is -0.487. The van der Waals surface area contributed by atoms with Crippen molar-refractivity contribution in [1.82, 2.24) is 9.29 Å². The predicted molar refractivity (Wildman–Crippen MR) is 66.0 cm³/mol. The number of hydrogen-bond acceptors (Lipinski definition) is 6. The Hall–Kier alpha value is -1.22. The lowest BCUT2D eigenvalue weighted by molar-refractivity contribution is 0.113. The first-order chi connectivity index (χ1) is 8.55. The van der Waals surface area contributed by atoms with Crippen molar-refractivity contribution >= 4 is 15.7 Å². The molecule has 0 atom stereocenters. The maximum Gasteiger partial charge on any atom is 0.246 e. The Morgan fingerprint density at radius 2 is 2.11 bits per heavy atom. The summed E-state index contributed by atoms with van der Waals surface area (Å²) in [7, 11) is -3.61. The highest BCUT2D eigenvalue weighted by atomic mass is 32.2. The summed E-state index contributed by atoms with van der Waals surface area (Å²) in [5.74, 6) is 5.30. The first kappa shape index (κ1) is 13.2. The van der Waals surface area contributed by atoms with Crippen LogP contribution in [0.2, 0.25) is 0 Å². The minimum absolute atomic E-state index is 0.0592. The molecule has 1 saturated heterocycles. The van der Waals surface area contributed by atoms with Crippen molar-refractivity contribution in [3.63, 3.8) is 0 Å². The molecule has 0 saturated carbocycles. The Balaban J connectivity index is 2.30. The van der Waals surface area contributed by atoms with E-state index in [0.717, 1.165) is 0 Å². The van der Waals surface area contributed by atoms with Gasteiger partial charge >= 0.3 is 0 Å². The van der Waals surface area contributed by atoms with Gasteiger partial charge in [-0.1, -0.05) is 0 Å². The molecule has 18 heavy (non-hydrogen) atoms. The molecule has 1 aromatic heterocycles. The van der Waals surface area contributed by atoms with Gasteiger partial charge in [-0.2, -0.15) is 4.31 Å². The summed E-state index contributed by atoms with van der Waals surface area (Å²) in [4.78, 5) is 3.88. The average Bonchev–Trinajstić information content (AvgIpc) is 2.39. The van der Waals surface area contributed by atoms with E-state index in [1.54, 1.807) is 0 Å². The van der Waals surface area contributed by atoms with Crippen molar-refractivity contribution in [2.75, 3.05) is 18.5 Å². The second-order valence-corrected chi connectivity index (χ2v) is 6.06. The summed E-state index contributed by atoms with van der Waals surface area (Å²) < 4.78 is 26.1. The Morgan fingerprint density at radius 1 is 1.44 bits per heavy atom. The molecular weight excluding hydrogens is 256 g/mol. The molecule has 1 aromatic rings. The molecule has 100 valence electrons. The number of nitrogens with one attached hydrogen (secondary N) is 1. The van der Waals surface area contributed by atoms with E-state index in [9.17, 15) is 13.5 Å². The topological polar surface area (TPSA) is 109 Å². The van der Waals surface area contributed by atoms with Crippen LogP contribution in [0.5, 0.6) is 0 Å². The zero-order chi connectivity index (χ0) is 13.2. The van der Waals surface area contributed by atoms with E-state index in [1.165, 1.54) is 22.8 Å². The number of rotatable bonds is 3. The third-order valence-electron chi connectivity index (χ3n) is 2.98. The summed E-state index contributed by atoms with van der Waals surface area (Å²) >= 11 is 0. The summed E-state index contributed by atoms with van der Waals surface area (Å²) in [6, 6.07) is 1.51. The highest BCUT2D eigenvalue weighted by molar-refractivity contribution is 7.89. The highest BCUT2D eigenvalue weighted by Gasteiger charge is 2.30. The minimum Gasteiger partial charge on any atom is -0.393 e. The molecule has 2 heterocycles. The van der Waals surface area contributed by atoms with Crippen LogP contribution in [0, 0.1) is 0 Å². The van der Waals surface area contributed by atoms with Gasteiger partial charge in [-0.15, -0.1) is 0 Å². The molecule has 1 fully saturated rings. The van der Waals surface area contributed by atoms with Crippen LogP contribution >= 0.6 is 0 Å². The second-order valence-electron chi connectivity index (χ2n) is 4.15. The Kier molecular flexibility index (Phi) is 3.81. The smallest absolute Gasteiger partial charge is 0.246 e. The number of aliphatic hydroxyl groups is 1. The molecule has 0 unspecified atom stereocenters. The SMILES string of the molecule is NNc1ccncc1S(=O)(=O)N1CCC(O)CC1. The van der Waals surface area contributed by atoms with E-state index >= 15 is 0 Å². The highest BCUT2D eigenvalue weighted by Crippen LogP contribution is 2.25. The largest absolute Gasteiger partial charge is 0.393 e. The summed E-state index contributed by atoms with van der Waals surface area (Å²) in [5.41, 5.74) is 2.67. The van der Waals surface area contributed by atoms with Gasteiger partial charge in [-0.3, -0.25) is 10.8 Å². The van der Waals surface area contributed by atoms with Crippen LogP contribution in [-0.2, 0) is 10.0 Å². The minimum atomic E-state index is -3.61. The molecule has 0 aromatic carbocycles. The second kappa shape index (κ2) is 5.19. The molecule has 0 aliphatic carbocycles. The number of pyridine rings is 1. The molecule has 0 bridgehead atoms. The van der Waals surface area contributed by atoms with Gasteiger partial charge in [0.2, 0.25) is 10.0 Å². The van der Waals surface area contributed by atoms with Crippen molar-refractivity contribution in [2.24, 2.45) is 5.84 Å². The van der Waals surface area contributed by atoms with Gasteiger partial charge in [0, 0.05) is 25.5 Å². The molecule has 1 aliphatic heterocycles. The number of piperidine rings is 1. The first-order valence-electron chi connectivity index (χ1n) is 5.64. The number of aromatic nitrogens is 1.